The summed E-state index contributed by atoms with van der Waals surface area (Å²) in [7, 11) is 0. The van der Waals surface area contributed by atoms with Crippen LogP contribution in [0.15, 0.2) is 47.8 Å². The average molecular weight is 288 g/mol. The molecule has 1 aromatic carbocycles. The monoisotopic (exact) mass is 288 g/mol. The van der Waals surface area contributed by atoms with Crippen LogP contribution in [0.25, 0.3) is 5.65 Å². The van der Waals surface area contributed by atoms with Crippen molar-refractivity contribution < 1.29 is 4.39 Å². The van der Waals surface area contributed by atoms with Crippen LogP contribution < -0.4 is 5.73 Å². The molecule has 0 aliphatic heterocycles. The first kappa shape index (κ1) is 13.1. The molecule has 0 saturated carbocycles. The lowest BCUT2D eigenvalue weighted by Crippen LogP contribution is -2.01. The standard InChI is InChI=1S/C14H13FN4S/c15-12-5-4-10(8-16)11(7-12)9-20-14-18-17-13-3-1-2-6-19(13)14/h1-7H,8-9,16H2. The van der Waals surface area contributed by atoms with E-state index < -0.39 is 0 Å². The molecule has 6 heteroatoms. The Bertz CT molecular complexity index is 741. The van der Waals surface area contributed by atoms with Crippen molar-refractivity contribution in [3.8, 4) is 0 Å². The molecule has 2 N–H and O–H groups in total. The van der Waals surface area contributed by atoms with Crippen molar-refractivity contribution in [3.63, 3.8) is 0 Å². The highest BCUT2D eigenvalue weighted by atomic mass is 32.2. The number of aromatic nitrogens is 3. The minimum absolute atomic E-state index is 0.246. The molecule has 0 atom stereocenters. The summed E-state index contributed by atoms with van der Waals surface area (Å²) >= 11 is 1.52. The molecule has 0 saturated heterocycles. The molecule has 0 bridgehead atoms. The lowest BCUT2D eigenvalue weighted by Gasteiger charge is -2.07. The first-order valence-electron chi connectivity index (χ1n) is 6.18. The number of nitrogens with two attached hydrogens (primary N) is 1. The Morgan fingerprint density at radius 1 is 1.15 bits per heavy atom. The third-order valence-electron chi connectivity index (χ3n) is 3.03. The number of hydrogen-bond donors (Lipinski definition) is 1. The van der Waals surface area contributed by atoms with Crippen molar-refractivity contribution in [1.82, 2.24) is 14.6 Å². The Balaban J connectivity index is 1.84. The Labute approximate surface area is 119 Å². The fraction of sp³-hybridized carbons (Fsp3) is 0.143. The zero-order chi connectivity index (χ0) is 13.9. The molecule has 102 valence electrons. The minimum Gasteiger partial charge on any atom is -0.326 e. The molecule has 0 aliphatic carbocycles. The van der Waals surface area contributed by atoms with E-state index in [1.807, 2.05) is 28.8 Å². The summed E-state index contributed by atoms with van der Waals surface area (Å²) in [4.78, 5) is 0. The predicted octanol–water partition coefficient (Wildman–Crippen LogP) is 2.62. The van der Waals surface area contributed by atoms with Crippen LogP contribution in [-0.2, 0) is 12.3 Å². The second kappa shape index (κ2) is 5.60. The molecule has 4 nitrogen and oxygen atoms in total. The number of pyridine rings is 1. The normalized spacial score (nSPS) is 11.1. The summed E-state index contributed by atoms with van der Waals surface area (Å²) in [6.45, 7) is 0.400. The molecule has 3 rings (SSSR count). The number of halogens is 1. The van der Waals surface area contributed by atoms with E-state index in [-0.39, 0.29) is 5.82 Å². The Morgan fingerprint density at radius 3 is 2.90 bits per heavy atom. The Morgan fingerprint density at radius 2 is 2.05 bits per heavy atom. The van der Waals surface area contributed by atoms with Gasteiger partial charge in [0.2, 0.25) is 0 Å². The molecular weight excluding hydrogens is 275 g/mol. The van der Waals surface area contributed by atoms with Crippen molar-refractivity contribution in [2.24, 2.45) is 5.73 Å². The molecule has 0 amide bonds. The van der Waals surface area contributed by atoms with Crippen LogP contribution in [0.3, 0.4) is 0 Å². The number of thioether (sulfide) groups is 1. The maximum Gasteiger partial charge on any atom is 0.195 e. The molecule has 0 radical (unpaired) electrons. The van der Waals surface area contributed by atoms with Gasteiger partial charge < -0.3 is 5.73 Å². The molecule has 2 heterocycles. The van der Waals surface area contributed by atoms with E-state index in [1.165, 1.54) is 23.9 Å². The van der Waals surface area contributed by atoms with Gasteiger partial charge in [-0.3, -0.25) is 4.40 Å². The highest BCUT2D eigenvalue weighted by Crippen LogP contribution is 2.24. The highest BCUT2D eigenvalue weighted by Gasteiger charge is 2.08. The Hall–Kier alpha value is -1.92. The second-order valence-electron chi connectivity index (χ2n) is 4.32. The summed E-state index contributed by atoms with van der Waals surface area (Å²) in [5.74, 6) is 0.365. The van der Waals surface area contributed by atoms with Gasteiger partial charge in [0.15, 0.2) is 10.8 Å². The van der Waals surface area contributed by atoms with Crippen molar-refractivity contribution >= 4 is 17.4 Å². The molecule has 2 aromatic heterocycles. The molecule has 0 spiro atoms. The van der Waals surface area contributed by atoms with E-state index in [1.54, 1.807) is 6.07 Å². The fourth-order valence-corrected chi connectivity index (χ4v) is 2.93. The maximum absolute atomic E-state index is 13.3. The van der Waals surface area contributed by atoms with E-state index in [0.29, 0.717) is 12.3 Å². The van der Waals surface area contributed by atoms with Gasteiger partial charge in [-0.25, -0.2) is 4.39 Å². The number of hydrogen-bond acceptors (Lipinski definition) is 4. The second-order valence-corrected chi connectivity index (χ2v) is 5.26. The summed E-state index contributed by atoms with van der Waals surface area (Å²) in [6, 6.07) is 10.4. The fourth-order valence-electron chi connectivity index (χ4n) is 1.99. The summed E-state index contributed by atoms with van der Waals surface area (Å²) in [5, 5.41) is 9.01. The smallest absolute Gasteiger partial charge is 0.195 e. The van der Waals surface area contributed by atoms with Gasteiger partial charge in [-0.1, -0.05) is 23.9 Å². The minimum atomic E-state index is -0.246. The zero-order valence-electron chi connectivity index (χ0n) is 10.7. The van der Waals surface area contributed by atoms with Crippen LogP contribution in [-0.4, -0.2) is 14.6 Å². The highest BCUT2D eigenvalue weighted by molar-refractivity contribution is 7.98. The molecular formula is C14H13FN4S. The lowest BCUT2D eigenvalue weighted by atomic mass is 10.1. The van der Waals surface area contributed by atoms with E-state index in [4.69, 9.17) is 5.73 Å². The number of nitrogens with zero attached hydrogens (tertiary/aromatic N) is 3. The van der Waals surface area contributed by atoms with Crippen LogP contribution in [0.4, 0.5) is 4.39 Å². The largest absolute Gasteiger partial charge is 0.326 e. The molecule has 0 unspecified atom stereocenters. The third kappa shape index (κ3) is 2.52. The van der Waals surface area contributed by atoms with Gasteiger partial charge in [0, 0.05) is 18.5 Å². The van der Waals surface area contributed by atoms with Gasteiger partial charge in [-0.05, 0) is 35.4 Å². The maximum atomic E-state index is 13.3. The van der Waals surface area contributed by atoms with Crippen LogP contribution in [0.1, 0.15) is 11.1 Å². The van der Waals surface area contributed by atoms with Gasteiger partial charge >= 0.3 is 0 Å². The first-order chi connectivity index (χ1) is 9.78. The topological polar surface area (TPSA) is 56.2 Å². The molecule has 3 aromatic rings. The summed E-state index contributed by atoms with van der Waals surface area (Å²) < 4.78 is 15.2. The van der Waals surface area contributed by atoms with Crippen molar-refractivity contribution in [2.45, 2.75) is 17.5 Å². The van der Waals surface area contributed by atoms with Gasteiger partial charge in [0.05, 0.1) is 0 Å². The van der Waals surface area contributed by atoms with Crippen molar-refractivity contribution in [1.29, 1.82) is 0 Å². The number of rotatable bonds is 4. The summed E-state index contributed by atoms with van der Waals surface area (Å²) in [6.07, 6.45) is 1.91. The third-order valence-corrected chi connectivity index (χ3v) is 4.02. The molecule has 0 aliphatic rings. The SMILES string of the molecule is NCc1ccc(F)cc1CSc1nnc2ccccn12. The van der Waals surface area contributed by atoms with Crippen LogP contribution in [0.2, 0.25) is 0 Å². The number of benzene rings is 1. The Kier molecular flexibility index (Phi) is 3.66. The van der Waals surface area contributed by atoms with Gasteiger partial charge in [0.25, 0.3) is 0 Å². The average Bonchev–Trinajstić information content (AvgIpc) is 2.88. The van der Waals surface area contributed by atoms with Crippen LogP contribution in [0.5, 0.6) is 0 Å². The van der Waals surface area contributed by atoms with Crippen molar-refractivity contribution in [2.75, 3.05) is 0 Å². The van der Waals surface area contributed by atoms with Crippen LogP contribution in [0, 0.1) is 5.82 Å². The first-order valence-corrected chi connectivity index (χ1v) is 7.16. The van der Waals surface area contributed by atoms with Crippen LogP contribution >= 0.6 is 11.8 Å². The van der Waals surface area contributed by atoms with E-state index >= 15 is 0 Å². The van der Waals surface area contributed by atoms with E-state index in [2.05, 4.69) is 10.2 Å². The predicted molar refractivity (Wildman–Crippen MR) is 76.8 cm³/mol. The quantitative estimate of drug-likeness (QED) is 0.750. The van der Waals surface area contributed by atoms with Gasteiger partial charge in [-0.2, -0.15) is 0 Å². The van der Waals surface area contributed by atoms with Gasteiger partial charge in [-0.15, -0.1) is 10.2 Å². The molecule has 0 fully saturated rings. The molecule has 20 heavy (non-hydrogen) atoms. The zero-order valence-corrected chi connectivity index (χ0v) is 11.5. The lowest BCUT2D eigenvalue weighted by molar-refractivity contribution is 0.625. The van der Waals surface area contributed by atoms with Crippen molar-refractivity contribution in [3.05, 3.63) is 59.5 Å². The van der Waals surface area contributed by atoms with E-state index in [9.17, 15) is 4.39 Å². The van der Waals surface area contributed by atoms with Gasteiger partial charge in [0.1, 0.15) is 5.82 Å². The summed E-state index contributed by atoms with van der Waals surface area (Å²) in [5.41, 5.74) is 8.32. The number of fused-ring (bicyclic) bond motifs is 1. The van der Waals surface area contributed by atoms with E-state index in [0.717, 1.165) is 21.9 Å².